The van der Waals surface area contributed by atoms with Crippen LogP contribution in [0.4, 0.5) is 0 Å². The Kier molecular flexibility index (Phi) is 5.30. The van der Waals surface area contributed by atoms with Gasteiger partial charge in [-0.1, -0.05) is 35.3 Å². The van der Waals surface area contributed by atoms with E-state index in [-0.39, 0.29) is 5.91 Å². The van der Waals surface area contributed by atoms with E-state index in [1.807, 2.05) is 17.0 Å². The molecule has 20 heavy (non-hydrogen) atoms. The molecule has 0 unspecified atom stereocenters. The van der Waals surface area contributed by atoms with Crippen LogP contribution in [0.5, 0.6) is 0 Å². The highest BCUT2D eigenvalue weighted by atomic mass is 35.5. The zero-order valence-corrected chi connectivity index (χ0v) is 13.3. The summed E-state index contributed by atoms with van der Waals surface area (Å²) >= 11 is 12.1. The number of carbonyl (C=O) groups is 1. The average Bonchev–Trinajstić information content (AvgIpc) is 2.39. The van der Waals surface area contributed by atoms with Crippen molar-refractivity contribution in [3.8, 4) is 0 Å². The maximum absolute atomic E-state index is 12.3. The molecule has 0 aromatic heterocycles. The van der Waals surface area contributed by atoms with Gasteiger partial charge in [-0.25, -0.2) is 0 Å². The van der Waals surface area contributed by atoms with Crippen LogP contribution in [0.1, 0.15) is 25.8 Å². The molecule has 2 atom stereocenters. The van der Waals surface area contributed by atoms with E-state index in [9.17, 15) is 4.79 Å². The van der Waals surface area contributed by atoms with Crippen LogP contribution >= 0.6 is 23.2 Å². The van der Waals surface area contributed by atoms with Gasteiger partial charge < -0.3 is 10.2 Å². The van der Waals surface area contributed by atoms with E-state index in [1.165, 1.54) is 0 Å². The van der Waals surface area contributed by atoms with E-state index >= 15 is 0 Å². The van der Waals surface area contributed by atoms with Crippen LogP contribution in [0.15, 0.2) is 18.2 Å². The molecular weight excluding hydrogens is 295 g/mol. The molecule has 1 aliphatic heterocycles. The van der Waals surface area contributed by atoms with E-state index in [0.29, 0.717) is 35.0 Å². The van der Waals surface area contributed by atoms with Crippen molar-refractivity contribution in [2.24, 2.45) is 0 Å². The lowest BCUT2D eigenvalue weighted by molar-refractivity contribution is -0.132. The number of amides is 1. The van der Waals surface area contributed by atoms with Crippen LogP contribution in [0.25, 0.3) is 0 Å². The normalized spacial score (nSPS) is 22.9. The molecule has 1 N–H and O–H groups in total. The van der Waals surface area contributed by atoms with Gasteiger partial charge in [-0.2, -0.15) is 0 Å². The number of carbonyl (C=O) groups excluding carboxylic acids is 1. The molecule has 1 aromatic rings. The van der Waals surface area contributed by atoms with E-state index in [2.05, 4.69) is 19.2 Å². The van der Waals surface area contributed by atoms with Crippen molar-refractivity contribution < 1.29 is 4.79 Å². The molecule has 1 heterocycles. The van der Waals surface area contributed by atoms with Crippen molar-refractivity contribution in [1.82, 2.24) is 10.2 Å². The minimum absolute atomic E-state index is 0.182. The first-order valence-electron chi connectivity index (χ1n) is 6.94. The Morgan fingerprint density at radius 3 is 2.60 bits per heavy atom. The molecule has 1 saturated heterocycles. The predicted octanol–water partition coefficient (Wildman–Crippen LogP) is 3.13. The molecule has 0 bridgehead atoms. The van der Waals surface area contributed by atoms with Crippen LogP contribution < -0.4 is 5.32 Å². The van der Waals surface area contributed by atoms with Crippen molar-refractivity contribution >= 4 is 29.1 Å². The summed E-state index contributed by atoms with van der Waals surface area (Å²) in [6, 6.07) is 6.23. The number of halogens is 2. The molecule has 1 amide bonds. The average molecular weight is 315 g/mol. The monoisotopic (exact) mass is 314 g/mol. The lowest BCUT2D eigenvalue weighted by Crippen LogP contribution is -2.55. The summed E-state index contributed by atoms with van der Waals surface area (Å²) in [5.41, 5.74) is 0.934. The molecule has 1 aromatic carbocycles. The Morgan fingerprint density at radius 2 is 1.95 bits per heavy atom. The summed E-state index contributed by atoms with van der Waals surface area (Å²) in [4.78, 5) is 14.2. The van der Waals surface area contributed by atoms with E-state index in [0.717, 1.165) is 18.7 Å². The summed E-state index contributed by atoms with van der Waals surface area (Å²) in [6.07, 6.45) is 1.10. The first-order valence-corrected chi connectivity index (χ1v) is 7.69. The van der Waals surface area contributed by atoms with Crippen LogP contribution in [0, 0.1) is 0 Å². The Bertz CT molecular complexity index is 483. The fourth-order valence-corrected chi connectivity index (χ4v) is 3.09. The third kappa shape index (κ3) is 3.87. The van der Waals surface area contributed by atoms with Crippen LogP contribution in [0.2, 0.25) is 10.0 Å². The lowest BCUT2D eigenvalue weighted by Gasteiger charge is -2.36. The van der Waals surface area contributed by atoms with Gasteiger partial charge in [-0.3, -0.25) is 4.79 Å². The fraction of sp³-hybridized carbons (Fsp3) is 0.533. The van der Waals surface area contributed by atoms with Crippen molar-refractivity contribution in [3.05, 3.63) is 33.8 Å². The number of benzene rings is 1. The van der Waals surface area contributed by atoms with Gasteiger partial charge in [0.1, 0.15) is 0 Å². The number of nitrogens with zero attached hydrogens (tertiary/aromatic N) is 1. The number of nitrogens with one attached hydrogen (secondary N) is 1. The van der Waals surface area contributed by atoms with Crippen LogP contribution in [-0.2, 0) is 11.2 Å². The van der Waals surface area contributed by atoms with Gasteiger partial charge in [0.05, 0.1) is 10.0 Å². The van der Waals surface area contributed by atoms with E-state index in [4.69, 9.17) is 23.2 Å². The molecule has 3 nitrogen and oxygen atoms in total. The Morgan fingerprint density at radius 1 is 1.30 bits per heavy atom. The summed E-state index contributed by atoms with van der Waals surface area (Å²) in [7, 11) is 0. The first kappa shape index (κ1) is 15.6. The SMILES string of the molecule is C[C@@H]1CN(C(=O)CCc2cccc(Cl)c2Cl)C[C@H](C)N1. The quantitative estimate of drug-likeness (QED) is 0.929. The Labute approximate surface area is 130 Å². The molecule has 1 fully saturated rings. The van der Waals surface area contributed by atoms with Gasteiger partial charge >= 0.3 is 0 Å². The fourth-order valence-electron chi connectivity index (χ4n) is 2.67. The Balaban J connectivity index is 1.93. The highest BCUT2D eigenvalue weighted by Crippen LogP contribution is 2.26. The summed E-state index contributed by atoms with van der Waals surface area (Å²) < 4.78 is 0. The van der Waals surface area contributed by atoms with Crippen molar-refractivity contribution in [3.63, 3.8) is 0 Å². The van der Waals surface area contributed by atoms with Gasteiger partial charge in [0.15, 0.2) is 0 Å². The second-order valence-electron chi connectivity index (χ2n) is 5.48. The Hall–Kier alpha value is -0.770. The lowest BCUT2D eigenvalue weighted by atomic mass is 10.1. The minimum atomic E-state index is 0.182. The predicted molar refractivity (Wildman–Crippen MR) is 83.4 cm³/mol. The molecule has 1 aliphatic rings. The zero-order chi connectivity index (χ0) is 14.7. The molecule has 0 saturated carbocycles. The third-order valence-corrected chi connectivity index (χ3v) is 4.41. The molecule has 2 rings (SSSR count). The van der Waals surface area contributed by atoms with Crippen LogP contribution in [-0.4, -0.2) is 36.0 Å². The van der Waals surface area contributed by atoms with E-state index in [1.54, 1.807) is 6.07 Å². The summed E-state index contributed by atoms with van der Waals surface area (Å²) in [5, 5.41) is 4.52. The number of hydrogen-bond donors (Lipinski definition) is 1. The van der Waals surface area contributed by atoms with Gasteiger partial charge in [0.2, 0.25) is 5.91 Å². The number of aryl methyl sites for hydroxylation is 1. The largest absolute Gasteiger partial charge is 0.340 e. The molecule has 0 spiro atoms. The molecule has 5 heteroatoms. The highest BCUT2D eigenvalue weighted by molar-refractivity contribution is 6.42. The van der Waals surface area contributed by atoms with Gasteiger partial charge in [0.25, 0.3) is 0 Å². The number of hydrogen-bond acceptors (Lipinski definition) is 2. The maximum Gasteiger partial charge on any atom is 0.223 e. The van der Waals surface area contributed by atoms with Crippen LogP contribution in [0.3, 0.4) is 0 Å². The number of rotatable bonds is 3. The molecule has 0 aliphatic carbocycles. The van der Waals surface area contributed by atoms with Gasteiger partial charge in [-0.15, -0.1) is 0 Å². The molecule has 0 radical (unpaired) electrons. The van der Waals surface area contributed by atoms with Crippen molar-refractivity contribution in [2.45, 2.75) is 38.8 Å². The van der Waals surface area contributed by atoms with Crippen molar-refractivity contribution in [1.29, 1.82) is 0 Å². The standard InChI is InChI=1S/C15H20Cl2N2O/c1-10-8-19(9-11(2)18-10)14(20)7-6-12-4-3-5-13(16)15(12)17/h3-5,10-11,18H,6-9H2,1-2H3/t10-,11+. The topological polar surface area (TPSA) is 32.3 Å². The second kappa shape index (κ2) is 6.79. The minimum Gasteiger partial charge on any atom is -0.340 e. The summed E-state index contributed by atoms with van der Waals surface area (Å²) in [5.74, 6) is 0.182. The maximum atomic E-state index is 12.3. The van der Waals surface area contributed by atoms with Crippen molar-refractivity contribution in [2.75, 3.05) is 13.1 Å². The summed E-state index contributed by atoms with van der Waals surface area (Å²) in [6.45, 7) is 5.74. The highest BCUT2D eigenvalue weighted by Gasteiger charge is 2.24. The molecular formula is C15H20Cl2N2O. The van der Waals surface area contributed by atoms with Gasteiger partial charge in [-0.05, 0) is 31.9 Å². The van der Waals surface area contributed by atoms with Gasteiger partial charge in [0, 0.05) is 31.6 Å². The van der Waals surface area contributed by atoms with E-state index < -0.39 is 0 Å². The smallest absolute Gasteiger partial charge is 0.223 e. The second-order valence-corrected chi connectivity index (χ2v) is 6.27. The first-order chi connectivity index (χ1) is 9.47. The third-order valence-electron chi connectivity index (χ3n) is 3.55. The number of piperazine rings is 1. The molecule has 110 valence electrons. The zero-order valence-electron chi connectivity index (χ0n) is 11.8.